The number of aromatic hydroxyl groups is 1. The molecule has 3 N–H and O–H groups in total. The minimum absolute atomic E-state index is 0.144. The molecule has 1 aliphatic carbocycles. The van der Waals surface area contributed by atoms with Crippen molar-refractivity contribution in [3.63, 3.8) is 0 Å². The summed E-state index contributed by atoms with van der Waals surface area (Å²) in [5, 5.41) is 15.2. The molecule has 1 aliphatic rings. The Morgan fingerprint density at radius 3 is 2.41 bits per heavy atom. The molecule has 0 bridgehead atoms. The number of benzene rings is 4. The van der Waals surface area contributed by atoms with Crippen molar-refractivity contribution in [3.8, 4) is 5.75 Å². The molecule has 4 aromatic rings. The number of amides is 1. The Balaban J connectivity index is 1.31. The third-order valence-electron chi connectivity index (χ3n) is 6.48. The van der Waals surface area contributed by atoms with Crippen molar-refractivity contribution in [3.05, 3.63) is 124 Å². The zero-order valence-corrected chi connectivity index (χ0v) is 19.9. The van der Waals surface area contributed by atoms with Gasteiger partial charge in [-0.1, -0.05) is 18.2 Å². The van der Waals surface area contributed by atoms with Gasteiger partial charge in [-0.2, -0.15) is 0 Å². The van der Waals surface area contributed by atoms with E-state index in [2.05, 4.69) is 10.6 Å². The van der Waals surface area contributed by atoms with Crippen molar-refractivity contribution in [2.75, 3.05) is 11.9 Å². The topological polar surface area (TPSA) is 78.4 Å². The molecule has 4 aromatic carbocycles. The molecule has 0 heterocycles. The van der Waals surface area contributed by atoms with Gasteiger partial charge in [-0.3, -0.25) is 9.59 Å². The van der Waals surface area contributed by atoms with Crippen LogP contribution in [0.1, 0.15) is 43.0 Å². The molecule has 0 unspecified atom stereocenters. The van der Waals surface area contributed by atoms with Gasteiger partial charge in [0.05, 0.1) is 5.69 Å². The lowest BCUT2D eigenvalue weighted by Gasteiger charge is -2.12. The summed E-state index contributed by atoms with van der Waals surface area (Å²) in [5.41, 5.74) is 4.84. The van der Waals surface area contributed by atoms with Gasteiger partial charge in [0.25, 0.3) is 5.91 Å². The molecule has 186 valence electrons. The SMILES string of the molecule is O=C(NCCc1ccc(O)cc1)c1ccc2c(c1)C(=O)c1ccc(Nc3ccc(F)cc3F)cc1CC2. The number of hydrogen-bond donors (Lipinski definition) is 3. The molecule has 0 aliphatic heterocycles. The van der Waals surface area contributed by atoms with Gasteiger partial charge in [-0.25, -0.2) is 8.78 Å². The van der Waals surface area contributed by atoms with Gasteiger partial charge in [0.15, 0.2) is 5.78 Å². The van der Waals surface area contributed by atoms with Crippen LogP contribution in [0, 0.1) is 11.6 Å². The average Bonchev–Trinajstić information content (AvgIpc) is 3.03. The fourth-order valence-corrected chi connectivity index (χ4v) is 4.49. The molecule has 5 nitrogen and oxygen atoms in total. The van der Waals surface area contributed by atoms with Gasteiger partial charge in [0, 0.05) is 35.0 Å². The third-order valence-corrected chi connectivity index (χ3v) is 6.48. The number of fused-ring (bicyclic) bond motifs is 2. The molecular formula is C30H24F2N2O3. The largest absolute Gasteiger partial charge is 0.508 e. The van der Waals surface area contributed by atoms with E-state index in [1.54, 1.807) is 54.6 Å². The van der Waals surface area contributed by atoms with E-state index >= 15 is 0 Å². The van der Waals surface area contributed by atoms with Crippen LogP contribution in [0.4, 0.5) is 20.2 Å². The molecule has 0 fully saturated rings. The van der Waals surface area contributed by atoms with E-state index in [4.69, 9.17) is 0 Å². The molecule has 0 aromatic heterocycles. The predicted molar refractivity (Wildman–Crippen MR) is 138 cm³/mol. The maximum absolute atomic E-state index is 14.1. The van der Waals surface area contributed by atoms with Crippen LogP contribution < -0.4 is 10.6 Å². The fourth-order valence-electron chi connectivity index (χ4n) is 4.49. The van der Waals surface area contributed by atoms with Crippen molar-refractivity contribution in [2.24, 2.45) is 0 Å². The van der Waals surface area contributed by atoms with Crippen LogP contribution in [-0.2, 0) is 19.3 Å². The number of ketones is 1. The van der Waals surface area contributed by atoms with Crippen LogP contribution in [0.15, 0.2) is 78.9 Å². The molecule has 37 heavy (non-hydrogen) atoms. The molecule has 0 atom stereocenters. The van der Waals surface area contributed by atoms with Gasteiger partial charge >= 0.3 is 0 Å². The molecule has 0 saturated heterocycles. The summed E-state index contributed by atoms with van der Waals surface area (Å²) in [4.78, 5) is 26.2. The van der Waals surface area contributed by atoms with Gasteiger partial charge in [-0.05, 0) is 90.6 Å². The van der Waals surface area contributed by atoms with E-state index in [0.29, 0.717) is 48.2 Å². The van der Waals surface area contributed by atoms with E-state index in [-0.39, 0.29) is 23.1 Å². The predicted octanol–water partition coefficient (Wildman–Crippen LogP) is 5.72. The van der Waals surface area contributed by atoms with Gasteiger partial charge in [0.2, 0.25) is 0 Å². The van der Waals surface area contributed by atoms with Gasteiger partial charge < -0.3 is 15.7 Å². The number of hydrogen-bond acceptors (Lipinski definition) is 4. The van der Waals surface area contributed by atoms with Crippen LogP contribution in [0.2, 0.25) is 0 Å². The highest BCUT2D eigenvalue weighted by Gasteiger charge is 2.23. The molecule has 7 heteroatoms. The summed E-state index contributed by atoms with van der Waals surface area (Å²) >= 11 is 0. The first-order valence-corrected chi connectivity index (χ1v) is 12.0. The Morgan fingerprint density at radius 1 is 0.838 bits per heavy atom. The number of halogens is 2. The monoisotopic (exact) mass is 498 g/mol. The van der Waals surface area contributed by atoms with E-state index in [9.17, 15) is 23.5 Å². The van der Waals surface area contributed by atoms with Crippen molar-refractivity contribution in [1.82, 2.24) is 5.32 Å². The highest BCUT2D eigenvalue weighted by atomic mass is 19.1. The standard InChI is InChI=1S/C30H24F2N2O3/c31-22-7-12-28(27(32)17-22)34-23-8-11-25-20(15-23)5-3-19-4-6-21(16-26(19)29(25)36)30(37)33-14-13-18-1-9-24(35)10-2-18/h1-2,4,6-12,15-17,34-35H,3,5,13-14H2,(H,33,37). The number of nitrogens with one attached hydrogen (secondary N) is 2. The second kappa shape index (κ2) is 10.2. The van der Waals surface area contributed by atoms with Crippen molar-refractivity contribution < 1.29 is 23.5 Å². The van der Waals surface area contributed by atoms with E-state index < -0.39 is 11.6 Å². The second-order valence-electron chi connectivity index (χ2n) is 8.99. The third kappa shape index (κ3) is 5.35. The van der Waals surface area contributed by atoms with Crippen molar-refractivity contribution >= 4 is 23.1 Å². The van der Waals surface area contributed by atoms with E-state index in [1.807, 2.05) is 6.07 Å². The summed E-state index contributed by atoms with van der Waals surface area (Å²) in [5.74, 6) is -1.59. The quantitative estimate of drug-likeness (QED) is 0.318. The number of aryl methyl sites for hydroxylation is 2. The summed E-state index contributed by atoms with van der Waals surface area (Å²) in [6.07, 6.45) is 1.83. The lowest BCUT2D eigenvalue weighted by molar-refractivity contribution is 0.0954. The van der Waals surface area contributed by atoms with Crippen LogP contribution >= 0.6 is 0 Å². The molecule has 1 amide bonds. The zero-order valence-electron chi connectivity index (χ0n) is 19.9. The molecular weight excluding hydrogens is 474 g/mol. The first-order chi connectivity index (χ1) is 17.9. The number of anilines is 2. The maximum atomic E-state index is 14.1. The van der Waals surface area contributed by atoms with Crippen LogP contribution in [0.5, 0.6) is 5.75 Å². The number of phenolic OH excluding ortho intramolecular Hbond substituents is 1. The lowest BCUT2D eigenvalue weighted by Crippen LogP contribution is -2.26. The van der Waals surface area contributed by atoms with Gasteiger partial charge in [0.1, 0.15) is 17.4 Å². The smallest absolute Gasteiger partial charge is 0.251 e. The summed E-state index contributed by atoms with van der Waals surface area (Å²) in [7, 11) is 0. The van der Waals surface area contributed by atoms with E-state index in [1.165, 1.54) is 12.1 Å². The maximum Gasteiger partial charge on any atom is 0.251 e. The highest BCUT2D eigenvalue weighted by molar-refractivity contribution is 6.12. The number of phenols is 1. The summed E-state index contributed by atoms with van der Waals surface area (Å²) in [6.45, 7) is 0.419. The number of carbonyl (C=O) groups excluding carboxylic acids is 2. The highest BCUT2D eigenvalue weighted by Crippen LogP contribution is 2.29. The molecule has 0 spiro atoms. The normalized spacial score (nSPS) is 12.3. The Labute approximate surface area is 212 Å². The Kier molecular flexibility index (Phi) is 6.68. The minimum atomic E-state index is -0.702. The summed E-state index contributed by atoms with van der Waals surface area (Å²) < 4.78 is 27.3. The second-order valence-corrected chi connectivity index (χ2v) is 8.99. The Morgan fingerprint density at radius 2 is 1.62 bits per heavy atom. The summed E-state index contributed by atoms with van der Waals surface area (Å²) in [6, 6.07) is 20.5. The van der Waals surface area contributed by atoms with Crippen LogP contribution in [-0.4, -0.2) is 23.3 Å². The average molecular weight is 499 g/mol. The molecule has 0 saturated carbocycles. The molecule has 5 rings (SSSR count). The van der Waals surface area contributed by atoms with Crippen LogP contribution in [0.25, 0.3) is 0 Å². The zero-order chi connectivity index (χ0) is 25.9. The van der Waals surface area contributed by atoms with Crippen molar-refractivity contribution in [1.29, 1.82) is 0 Å². The fraction of sp³-hybridized carbons (Fsp3) is 0.133. The van der Waals surface area contributed by atoms with E-state index in [0.717, 1.165) is 22.8 Å². The van der Waals surface area contributed by atoms with Crippen molar-refractivity contribution in [2.45, 2.75) is 19.3 Å². The number of rotatable bonds is 6. The number of carbonyl (C=O) groups is 2. The first kappa shape index (κ1) is 24.2. The van der Waals surface area contributed by atoms with Crippen LogP contribution in [0.3, 0.4) is 0 Å². The Bertz CT molecular complexity index is 1500. The minimum Gasteiger partial charge on any atom is -0.508 e. The molecule has 0 radical (unpaired) electrons. The Hall–Kier alpha value is -4.52. The van der Waals surface area contributed by atoms with Gasteiger partial charge in [-0.15, -0.1) is 0 Å². The first-order valence-electron chi connectivity index (χ1n) is 12.0. The lowest BCUT2D eigenvalue weighted by atomic mass is 9.96.